The maximum absolute atomic E-state index is 13.0. The Hall–Kier alpha value is -1.45. The van der Waals surface area contributed by atoms with Crippen molar-refractivity contribution < 1.29 is 61.6 Å². The van der Waals surface area contributed by atoms with E-state index in [1.165, 1.54) is 212 Å². The van der Waals surface area contributed by atoms with Crippen molar-refractivity contribution in [3.8, 4) is 0 Å². The standard InChI is InChI=1S/C56H98O7S.Na/c1-3-5-7-9-11-13-15-17-19-21-23-25-27-29-31-33-35-37-39-41-43-45-49-62-55(57)53-48-47-52(64(59,60)61)51-54(53)56(58)63-50-46-44-42-40-38-36-34-32-30-28-26-24-22-20-18-16-14-12-10-8-6-4-2;/h17-20,47-48,51H,3-16,21-46,49-50H2,1-2H3,(H,59,60,61);/q;+1/p-1/b19-17+,20-18+;. The zero-order valence-corrected chi connectivity index (χ0v) is 45.3. The molecule has 0 atom stereocenters. The van der Waals surface area contributed by atoms with Crippen LogP contribution in [-0.2, 0) is 19.6 Å². The Morgan fingerprint density at radius 1 is 0.415 bits per heavy atom. The van der Waals surface area contributed by atoms with Crippen LogP contribution >= 0.6 is 0 Å². The van der Waals surface area contributed by atoms with Crippen LogP contribution in [0.15, 0.2) is 47.4 Å². The van der Waals surface area contributed by atoms with Crippen molar-refractivity contribution in [3.05, 3.63) is 53.6 Å². The van der Waals surface area contributed by atoms with Crippen LogP contribution in [0.5, 0.6) is 0 Å². The van der Waals surface area contributed by atoms with Crippen molar-refractivity contribution >= 4 is 22.1 Å². The topological polar surface area (TPSA) is 110 Å². The summed E-state index contributed by atoms with van der Waals surface area (Å²) in [5.74, 6) is -1.54. The van der Waals surface area contributed by atoms with E-state index in [2.05, 4.69) is 38.2 Å². The number of hydrogen-bond donors (Lipinski definition) is 0. The van der Waals surface area contributed by atoms with Crippen LogP contribution in [0.25, 0.3) is 0 Å². The summed E-state index contributed by atoms with van der Waals surface area (Å²) in [6.45, 7) is 4.91. The average Bonchev–Trinajstić information content (AvgIpc) is 3.28. The minimum atomic E-state index is -4.82. The largest absolute Gasteiger partial charge is 1.00 e. The first-order valence-electron chi connectivity index (χ1n) is 27.0. The summed E-state index contributed by atoms with van der Waals surface area (Å²) in [5, 5.41) is 0. The second-order valence-corrected chi connectivity index (χ2v) is 19.9. The number of rotatable bonds is 47. The van der Waals surface area contributed by atoms with Gasteiger partial charge >= 0.3 is 41.5 Å². The van der Waals surface area contributed by atoms with Crippen LogP contribution in [0.1, 0.15) is 291 Å². The molecule has 0 N–H and O–H groups in total. The van der Waals surface area contributed by atoms with Crippen LogP contribution in [0, 0.1) is 0 Å². The van der Waals surface area contributed by atoms with Gasteiger partial charge in [0.15, 0.2) is 0 Å². The average molecular weight is 937 g/mol. The number of benzene rings is 1. The Morgan fingerprint density at radius 2 is 0.677 bits per heavy atom. The van der Waals surface area contributed by atoms with E-state index in [1.807, 2.05) is 0 Å². The molecule has 0 saturated carbocycles. The van der Waals surface area contributed by atoms with E-state index in [1.54, 1.807) is 0 Å². The minimum Gasteiger partial charge on any atom is -0.744 e. The monoisotopic (exact) mass is 937 g/mol. The first-order chi connectivity index (χ1) is 31.3. The van der Waals surface area contributed by atoms with Gasteiger partial charge < -0.3 is 14.0 Å². The zero-order chi connectivity index (χ0) is 46.4. The van der Waals surface area contributed by atoms with Gasteiger partial charge in [0.1, 0.15) is 10.1 Å². The summed E-state index contributed by atoms with van der Waals surface area (Å²) in [6.07, 6.45) is 59.4. The van der Waals surface area contributed by atoms with Gasteiger partial charge in [0.25, 0.3) is 0 Å². The number of allylic oxidation sites excluding steroid dienone is 4. The molecule has 1 aromatic carbocycles. The molecule has 0 fully saturated rings. The molecule has 0 aliphatic heterocycles. The smallest absolute Gasteiger partial charge is 0.744 e. The summed E-state index contributed by atoms with van der Waals surface area (Å²) in [5.41, 5.74) is -0.330. The first kappa shape index (κ1) is 63.5. The molecular formula is C56H97NaO7S. The summed E-state index contributed by atoms with van der Waals surface area (Å²) < 4.78 is 46.0. The fourth-order valence-corrected chi connectivity index (χ4v) is 8.83. The van der Waals surface area contributed by atoms with Gasteiger partial charge in [0.2, 0.25) is 0 Å². The van der Waals surface area contributed by atoms with E-state index in [4.69, 9.17) is 9.47 Å². The van der Waals surface area contributed by atoms with Crippen molar-refractivity contribution in [2.45, 2.75) is 276 Å². The molecule has 0 heterocycles. The number of ether oxygens (including phenoxy) is 2. The summed E-state index contributed by atoms with van der Waals surface area (Å²) in [4.78, 5) is 25.4. The van der Waals surface area contributed by atoms with Gasteiger partial charge in [-0.3, -0.25) is 0 Å². The Kier molecular flexibility index (Phi) is 46.5. The number of carbonyl (C=O) groups is 2. The zero-order valence-electron chi connectivity index (χ0n) is 42.5. The molecule has 370 valence electrons. The molecule has 7 nitrogen and oxygen atoms in total. The second kappa shape index (κ2) is 47.6. The molecule has 1 aromatic rings. The van der Waals surface area contributed by atoms with Crippen molar-refractivity contribution in [1.82, 2.24) is 0 Å². The van der Waals surface area contributed by atoms with E-state index < -0.39 is 27.0 Å². The maximum Gasteiger partial charge on any atom is 1.00 e. The number of esters is 2. The molecule has 0 aromatic heterocycles. The van der Waals surface area contributed by atoms with Crippen molar-refractivity contribution in [1.29, 1.82) is 0 Å². The third-order valence-corrected chi connectivity index (χ3v) is 13.3. The molecule has 0 radical (unpaired) electrons. The molecule has 1 rings (SSSR count). The van der Waals surface area contributed by atoms with Gasteiger partial charge in [-0.15, -0.1) is 0 Å². The minimum absolute atomic E-state index is 0. The van der Waals surface area contributed by atoms with Crippen LogP contribution in [0.3, 0.4) is 0 Å². The van der Waals surface area contributed by atoms with E-state index in [0.29, 0.717) is 12.8 Å². The molecular weight excluding hydrogens is 840 g/mol. The van der Waals surface area contributed by atoms with Crippen LogP contribution < -0.4 is 29.6 Å². The van der Waals surface area contributed by atoms with Crippen LogP contribution in [0.4, 0.5) is 0 Å². The Morgan fingerprint density at radius 3 is 0.969 bits per heavy atom. The number of hydrogen-bond acceptors (Lipinski definition) is 7. The van der Waals surface area contributed by atoms with Crippen LogP contribution in [-0.4, -0.2) is 38.1 Å². The predicted octanol–water partition coefficient (Wildman–Crippen LogP) is 14.7. The summed E-state index contributed by atoms with van der Waals surface area (Å²) in [7, 11) is -4.82. The van der Waals surface area contributed by atoms with E-state index >= 15 is 0 Å². The van der Waals surface area contributed by atoms with Gasteiger partial charge in [0, 0.05) is 0 Å². The third-order valence-electron chi connectivity index (χ3n) is 12.5. The van der Waals surface area contributed by atoms with Gasteiger partial charge in [-0.25, -0.2) is 18.0 Å². The van der Waals surface area contributed by atoms with Gasteiger partial charge in [-0.05, 0) is 82.4 Å². The van der Waals surface area contributed by atoms with Gasteiger partial charge in [0.05, 0.1) is 29.2 Å². The number of unbranched alkanes of at least 4 members (excludes halogenated alkanes) is 36. The Bertz CT molecular complexity index is 1410. The molecule has 0 saturated heterocycles. The summed E-state index contributed by atoms with van der Waals surface area (Å²) >= 11 is 0. The molecule has 0 bridgehead atoms. The van der Waals surface area contributed by atoms with Crippen LogP contribution in [0.2, 0.25) is 0 Å². The molecule has 65 heavy (non-hydrogen) atoms. The number of carbonyl (C=O) groups excluding carboxylic acids is 2. The predicted molar refractivity (Wildman–Crippen MR) is 269 cm³/mol. The van der Waals surface area contributed by atoms with E-state index in [0.717, 1.165) is 50.7 Å². The van der Waals surface area contributed by atoms with E-state index in [-0.39, 0.29) is 53.9 Å². The Labute approximate surface area is 423 Å². The quantitative estimate of drug-likeness (QED) is 0.0210. The molecule has 0 spiro atoms. The molecule has 9 heteroatoms. The normalized spacial score (nSPS) is 11.7. The maximum atomic E-state index is 13.0. The SMILES string of the molecule is CCCCCCCC/C=C/CCCCCCCCCCCCCCOC(=O)c1ccc(S(=O)(=O)[O-])cc1C(=O)OCCCCCCCCCCCCCC/C=C/CCCCCCCC.[Na+]. The molecule has 0 amide bonds. The van der Waals surface area contributed by atoms with Gasteiger partial charge in [-0.1, -0.05) is 231 Å². The Balaban J connectivity index is 0.0000410. The molecule has 0 aliphatic carbocycles. The van der Waals surface area contributed by atoms with E-state index in [9.17, 15) is 22.6 Å². The van der Waals surface area contributed by atoms with Crippen molar-refractivity contribution in [2.75, 3.05) is 13.2 Å². The molecule has 0 aliphatic rings. The van der Waals surface area contributed by atoms with Crippen molar-refractivity contribution in [2.24, 2.45) is 0 Å². The second-order valence-electron chi connectivity index (χ2n) is 18.6. The first-order valence-corrected chi connectivity index (χ1v) is 28.5. The fraction of sp³-hybridized carbons (Fsp3) is 0.786. The summed E-state index contributed by atoms with van der Waals surface area (Å²) in [6, 6.07) is 3.16. The fourth-order valence-electron chi connectivity index (χ4n) is 8.33. The van der Waals surface area contributed by atoms with Gasteiger partial charge in [-0.2, -0.15) is 0 Å². The van der Waals surface area contributed by atoms with Crippen molar-refractivity contribution in [3.63, 3.8) is 0 Å². The third kappa shape index (κ3) is 40.2. The molecule has 0 unspecified atom stereocenters.